The van der Waals surface area contributed by atoms with E-state index in [0.29, 0.717) is 5.56 Å². The van der Waals surface area contributed by atoms with Gasteiger partial charge in [0.2, 0.25) is 0 Å². The maximum Gasteiger partial charge on any atom is 0.146 e. The number of nitrogens with two attached hydrogens (primary N) is 1. The van der Waals surface area contributed by atoms with Crippen LogP contribution in [0.2, 0.25) is 0 Å². The number of halogens is 2. The molecule has 0 aliphatic rings. The van der Waals surface area contributed by atoms with E-state index in [1.165, 1.54) is 12.4 Å². The van der Waals surface area contributed by atoms with Gasteiger partial charge < -0.3 is 5.73 Å². The van der Waals surface area contributed by atoms with Crippen LogP contribution in [-0.2, 0) is 0 Å². The number of nitrogens with zero attached hydrogens (tertiary/aromatic N) is 1. The van der Waals surface area contributed by atoms with Crippen molar-refractivity contribution in [3.05, 3.63) is 29.8 Å². The maximum atomic E-state index is 12.7. The molecule has 1 aromatic rings. The Kier molecular flexibility index (Phi) is 4.00. The van der Waals surface area contributed by atoms with Crippen LogP contribution >= 0.6 is 12.4 Å². The molecule has 0 aromatic carbocycles. The molecule has 0 unspecified atom stereocenters. The molecule has 2 N–H and O–H groups in total. The molecule has 0 aliphatic heterocycles. The lowest BCUT2D eigenvalue weighted by Crippen LogP contribution is -2.07. The fourth-order valence-electron chi connectivity index (χ4n) is 0.755. The third-order valence-electron chi connectivity index (χ3n) is 1.29. The standard InChI is InChI=1S/C7H9FN2.ClH/c1-5(9)6-2-3-10-4-7(6)8;/h2-5H,9H2,1H3;1H/t5-;/m0./s1. The summed E-state index contributed by atoms with van der Waals surface area (Å²) < 4.78 is 12.7. The molecule has 0 aliphatic carbocycles. The fourth-order valence-corrected chi connectivity index (χ4v) is 0.755. The Balaban J connectivity index is 0.000001000. The van der Waals surface area contributed by atoms with Crippen molar-refractivity contribution in [1.82, 2.24) is 4.98 Å². The molecule has 1 rings (SSSR count). The zero-order chi connectivity index (χ0) is 7.56. The Morgan fingerprint density at radius 3 is 2.64 bits per heavy atom. The van der Waals surface area contributed by atoms with Gasteiger partial charge in [-0.1, -0.05) is 0 Å². The quantitative estimate of drug-likeness (QED) is 0.707. The van der Waals surface area contributed by atoms with Gasteiger partial charge in [0.15, 0.2) is 0 Å². The van der Waals surface area contributed by atoms with Gasteiger partial charge in [0.25, 0.3) is 0 Å². The van der Waals surface area contributed by atoms with E-state index >= 15 is 0 Å². The molecule has 0 fully saturated rings. The largest absolute Gasteiger partial charge is 0.324 e. The van der Waals surface area contributed by atoms with Crippen molar-refractivity contribution < 1.29 is 4.39 Å². The molecule has 0 spiro atoms. The van der Waals surface area contributed by atoms with Gasteiger partial charge in [-0.25, -0.2) is 4.39 Å². The van der Waals surface area contributed by atoms with Crippen molar-refractivity contribution >= 4 is 12.4 Å². The number of hydrogen-bond donors (Lipinski definition) is 1. The summed E-state index contributed by atoms with van der Waals surface area (Å²) in [6.07, 6.45) is 2.69. The summed E-state index contributed by atoms with van der Waals surface area (Å²) in [6.45, 7) is 1.73. The first-order chi connectivity index (χ1) is 4.72. The van der Waals surface area contributed by atoms with Crippen molar-refractivity contribution in [3.8, 4) is 0 Å². The third-order valence-corrected chi connectivity index (χ3v) is 1.29. The monoisotopic (exact) mass is 176 g/mol. The zero-order valence-electron chi connectivity index (χ0n) is 6.12. The molecule has 11 heavy (non-hydrogen) atoms. The number of hydrogen-bond acceptors (Lipinski definition) is 2. The average molecular weight is 177 g/mol. The SMILES string of the molecule is C[C@H](N)c1ccncc1F.Cl. The molecular weight excluding hydrogens is 167 g/mol. The smallest absolute Gasteiger partial charge is 0.146 e. The minimum absolute atomic E-state index is 0. The minimum atomic E-state index is -0.336. The van der Waals surface area contributed by atoms with Crippen LogP contribution in [0.5, 0.6) is 0 Å². The molecule has 1 atom stereocenters. The van der Waals surface area contributed by atoms with Crippen LogP contribution in [0.1, 0.15) is 18.5 Å². The van der Waals surface area contributed by atoms with Gasteiger partial charge in [0, 0.05) is 17.8 Å². The van der Waals surface area contributed by atoms with Gasteiger partial charge in [-0.2, -0.15) is 0 Å². The minimum Gasteiger partial charge on any atom is -0.324 e. The van der Waals surface area contributed by atoms with E-state index < -0.39 is 0 Å². The van der Waals surface area contributed by atoms with Crippen molar-refractivity contribution in [2.45, 2.75) is 13.0 Å². The van der Waals surface area contributed by atoms with Crippen LogP contribution in [-0.4, -0.2) is 4.98 Å². The summed E-state index contributed by atoms with van der Waals surface area (Å²) in [7, 11) is 0. The molecule has 0 amide bonds. The van der Waals surface area contributed by atoms with Crippen LogP contribution in [0.25, 0.3) is 0 Å². The number of pyridine rings is 1. The van der Waals surface area contributed by atoms with Gasteiger partial charge in [0.05, 0.1) is 6.20 Å². The first-order valence-electron chi connectivity index (χ1n) is 3.07. The van der Waals surface area contributed by atoms with E-state index in [1.807, 2.05) is 0 Å². The Bertz CT molecular complexity index is 227. The summed E-state index contributed by atoms with van der Waals surface area (Å²) in [5, 5.41) is 0. The second-order valence-corrected chi connectivity index (χ2v) is 2.19. The highest BCUT2D eigenvalue weighted by molar-refractivity contribution is 5.85. The maximum absolute atomic E-state index is 12.7. The predicted molar refractivity (Wildman–Crippen MR) is 44.0 cm³/mol. The van der Waals surface area contributed by atoms with Gasteiger partial charge in [0.1, 0.15) is 5.82 Å². The van der Waals surface area contributed by atoms with Crippen LogP contribution < -0.4 is 5.73 Å². The lowest BCUT2D eigenvalue weighted by atomic mass is 10.1. The topological polar surface area (TPSA) is 38.9 Å². The van der Waals surface area contributed by atoms with E-state index in [-0.39, 0.29) is 24.3 Å². The van der Waals surface area contributed by atoms with Crippen LogP contribution in [0.15, 0.2) is 18.5 Å². The molecule has 4 heteroatoms. The van der Waals surface area contributed by atoms with E-state index in [9.17, 15) is 4.39 Å². The van der Waals surface area contributed by atoms with E-state index in [2.05, 4.69) is 4.98 Å². The van der Waals surface area contributed by atoms with E-state index in [4.69, 9.17) is 5.73 Å². The Morgan fingerprint density at radius 2 is 2.27 bits per heavy atom. The van der Waals surface area contributed by atoms with Crippen molar-refractivity contribution in [2.75, 3.05) is 0 Å². The van der Waals surface area contributed by atoms with Gasteiger partial charge >= 0.3 is 0 Å². The molecular formula is C7H10ClFN2. The Hall–Kier alpha value is -0.670. The highest BCUT2D eigenvalue weighted by Gasteiger charge is 2.03. The van der Waals surface area contributed by atoms with Crippen molar-refractivity contribution in [3.63, 3.8) is 0 Å². The molecule has 2 nitrogen and oxygen atoms in total. The van der Waals surface area contributed by atoms with Crippen molar-refractivity contribution in [1.29, 1.82) is 0 Å². The number of aromatic nitrogens is 1. The van der Waals surface area contributed by atoms with Gasteiger partial charge in [-0.15, -0.1) is 12.4 Å². The molecule has 62 valence electrons. The van der Waals surface area contributed by atoms with Crippen LogP contribution in [0, 0.1) is 5.82 Å². The summed E-state index contributed by atoms with van der Waals surface area (Å²) in [5.74, 6) is -0.336. The third kappa shape index (κ3) is 2.44. The molecule has 0 radical (unpaired) electrons. The van der Waals surface area contributed by atoms with E-state index in [1.54, 1.807) is 13.0 Å². The van der Waals surface area contributed by atoms with Crippen LogP contribution in [0.4, 0.5) is 4.39 Å². The van der Waals surface area contributed by atoms with Crippen LogP contribution in [0.3, 0.4) is 0 Å². The molecule has 1 aromatic heterocycles. The summed E-state index contributed by atoms with van der Waals surface area (Å²) in [4.78, 5) is 3.60. The lowest BCUT2D eigenvalue weighted by molar-refractivity contribution is 0.587. The van der Waals surface area contributed by atoms with Crippen molar-refractivity contribution in [2.24, 2.45) is 5.73 Å². The normalized spacial score (nSPS) is 11.9. The highest BCUT2D eigenvalue weighted by atomic mass is 35.5. The molecule has 0 bridgehead atoms. The average Bonchev–Trinajstić information content (AvgIpc) is 1.88. The summed E-state index contributed by atoms with van der Waals surface area (Å²) in [6, 6.07) is 1.32. The molecule has 0 saturated carbocycles. The first kappa shape index (κ1) is 10.3. The fraction of sp³-hybridized carbons (Fsp3) is 0.286. The van der Waals surface area contributed by atoms with Gasteiger partial charge in [-0.05, 0) is 13.0 Å². The summed E-state index contributed by atoms with van der Waals surface area (Å²) >= 11 is 0. The Labute approximate surface area is 71.0 Å². The molecule has 1 heterocycles. The van der Waals surface area contributed by atoms with Gasteiger partial charge in [-0.3, -0.25) is 4.98 Å². The summed E-state index contributed by atoms with van der Waals surface area (Å²) in [5.41, 5.74) is 5.96. The Morgan fingerprint density at radius 1 is 1.64 bits per heavy atom. The zero-order valence-corrected chi connectivity index (χ0v) is 6.94. The lowest BCUT2D eigenvalue weighted by Gasteiger charge is -2.04. The second-order valence-electron chi connectivity index (χ2n) is 2.19. The number of rotatable bonds is 1. The second kappa shape index (κ2) is 4.26. The first-order valence-corrected chi connectivity index (χ1v) is 3.07. The predicted octanol–water partition coefficient (Wildman–Crippen LogP) is 1.66. The molecule has 0 saturated heterocycles. The van der Waals surface area contributed by atoms with E-state index in [0.717, 1.165) is 0 Å². The highest BCUT2D eigenvalue weighted by Crippen LogP contribution is 2.11.